The molecule has 102 valence electrons. The van der Waals surface area contributed by atoms with Gasteiger partial charge in [0.05, 0.1) is 16.6 Å². The van der Waals surface area contributed by atoms with Crippen molar-refractivity contribution in [1.29, 1.82) is 0 Å². The Kier molecular flexibility index (Phi) is 2.70. The number of rotatable bonds is 1. The van der Waals surface area contributed by atoms with Gasteiger partial charge in [-0.2, -0.15) is 13.2 Å². The van der Waals surface area contributed by atoms with Crippen LogP contribution in [0.25, 0.3) is 22.6 Å². The first-order valence-corrected chi connectivity index (χ1v) is 5.63. The van der Waals surface area contributed by atoms with Crippen LogP contribution in [0.1, 0.15) is 5.56 Å². The van der Waals surface area contributed by atoms with Gasteiger partial charge in [-0.15, -0.1) is 0 Å². The zero-order valence-corrected chi connectivity index (χ0v) is 9.87. The molecule has 3 aromatic rings. The van der Waals surface area contributed by atoms with Crippen molar-refractivity contribution in [3.05, 3.63) is 47.9 Å². The Morgan fingerprint density at radius 2 is 1.85 bits per heavy atom. The second-order valence-corrected chi connectivity index (χ2v) is 4.12. The molecule has 0 aliphatic heterocycles. The van der Waals surface area contributed by atoms with Crippen molar-refractivity contribution >= 4 is 11.2 Å². The third-order valence-corrected chi connectivity index (χ3v) is 2.82. The fourth-order valence-corrected chi connectivity index (χ4v) is 1.91. The van der Waals surface area contributed by atoms with Crippen LogP contribution in [-0.4, -0.2) is 15.0 Å². The van der Waals surface area contributed by atoms with E-state index in [0.717, 1.165) is 6.07 Å². The van der Waals surface area contributed by atoms with Crippen molar-refractivity contribution < 1.29 is 17.6 Å². The average molecular weight is 281 g/mol. The van der Waals surface area contributed by atoms with Crippen LogP contribution in [0.15, 0.2) is 36.5 Å². The number of nitrogens with zero attached hydrogens (tertiary/aromatic N) is 2. The van der Waals surface area contributed by atoms with E-state index in [2.05, 4.69) is 15.0 Å². The molecule has 3 nitrogen and oxygen atoms in total. The van der Waals surface area contributed by atoms with E-state index >= 15 is 0 Å². The van der Waals surface area contributed by atoms with Gasteiger partial charge in [-0.25, -0.2) is 14.4 Å². The Balaban J connectivity index is 2.19. The van der Waals surface area contributed by atoms with Gasteiger partial charge >= 0.3 is 6.18 Å². The molecule has 7 heteroatoms. The second kappa shape index (κ2) is 4.29. The van der Waals surface area contributed by atoms with Crippen molar-refractivity contribution in [2.24, 2.45) is 0 Å². The van der Waals surface area contributed by atoms with E-state index in [1.165, 1.54) is 12.3 Å². The van der Waals surface area contributed by atoms with Crippen LogP contribution in [0.5, 0.6) is 0 Å². The fraction of sp³-hybridized carbons (Fsp3) is 0.0769. The second-order valence-electron chi connectivity index (χ2n) is 4.12. The highest BCUT2D eigenvalue weighted by atomic mass is 19.4. The van der Waals surface area contributed by atoms with Crippen LogP contribution in [0.4, 0.5) is 17.6 Å². The number of alkyl halides is 3. The molecule has 3 rings (SSSR count). The molecule has 0 saturated carbocycles. The van der Waals surface area contributed by atoms with Gasteiger partial charge in [0.2, 0.25) is 0 Å². The van der Waals surface area contributed by atoms with Crippen molar-refractivity contribution in [2.45, 2.75) is 6.18 Å². The number of nitrogens with one attached hydrogen (secondary N) is 1. The van der Waals surface area contributed by atoms with E-state index in [0.29, 0.717) is 17.2 Å². The zero-order chi connectivity index (χ0) is 14.3. The van der Waals surface area contributed by atoms with E-state index < -0.39 is 17.6 Å². The van der Waals surface area contributed by atoms with Gasteiger partial charge in [-0.1, -0.05) is 6.07 Å². The summed E-state index contributed by atoms with van der Waals surface area (Å²) in [6.45, 7) is 0. The van der Waals surface area contributed by atoms with Gasteiger partial charge in [0.1, 0.15) is 11.6 Å². The maximum Gasteiger partial charge on any atom is 0.419 e. The molecule has 0 bridgehead atoms. The van der Waals surface area contributed by atoms with Crippen molar-refractivity contribution in [2.75, 3.05) is 0 Å². The topological polar surface area (TPSA) is 41.6 Å². The Bertz CT molecular complexity index is 744. The molecule has 1 N–H and O–H groups in total. The molecule has 20 heavy (non-hydrogen) atoms. The minimum Gasteiger partial charge on any atom is -0.336 e. The molecule has 2 aromatic heterocycles. The largest absolute Gasteiger partial charge is 0.419 e. The van der Waals surface area contributed by atoms with E-state index in [9.17, 15) is 17.6 Å². The Hall–Kier alpha value is -2.44. The van der Waals surface area contributed by atoms with Gasteiger partial charge in [-0.05, 0) is 24.3 Å². The number of fused-ring (bicyclic) bond motifs is 1. The van der Waals surface area contributed by atoms with Crippen LogP contribution in [0.3, 0.4) is 0 Å². The summed E-state index contributed by atoms with van der Waals surface area (Å²) in [4.78, 5) is 10.7. The summed E-state index contributed by atoms with van der Waals surface area (Å²) in [7, 11) is 0. The molecule has 0 radical (unpaired) electrons. The lowest BCUT2D eigenvalue weighted by Crippen LogP contribution is -2.08. The normalized spacial score (nSPS) is 12.0. The van der Waals surface area contributed by atoms with Crippen molar-refractivity contribution in [3.8, 4) is 11.4 Å². The SMILES string of the molecule is Fc1c(-c2nc3ncccc3[nH]2)cccc1C(F)(F)F. The van der Waals surface area contributed by atoms with Crippen LogP contribution in [-0.2, 0) is 6.18 Å². The number of imidazole rings is 1. The Labute approximate surface area is 110 Å². The van der Waals surface area contributed by atoms with Crippen LogP contribution >= 0.6 is 0 Å². The van der Waals surface area contributed by atoms with E-state index in [1.54, 1.807) is 12.1 Å². The number of hydrogen-bond acceptors (Lipinski definition) is 2. The molecule has 0 saturated heterocycles. The first-order valence-electron chi connectivity index (χ1n) is 5.63. The quantitative estimate of drug-likeness (QED) is 0.690. The first kappa shape index (κ1) is 12.6. The van der Waals surface area contributed by atoms with Gasteiger partial charge in [0.25, 0.3) is 0 Å². The molecule has 0 unspecified atom stereocenters. The lowest BCUT2D eigenvalue weighted by molar-refractivity contribution is -0.139. The number of halogens is 4. The highest BCUT2D eigenvalue weighted by molar-refractivity contribution is 5.75. The summed E-state index contributed by atoms with van der Waals surface area (Å²) in [5, 5.41) is 0. The van der Waals surface area contributed by atoms with Crippen molar-refractivity contribution in [3.63, 3.8) is 0 Å². The van der Waals surface area contributed by atoms with Gasteiger partial charge in [0, 0.05) is 6.20 Å². The number of aromatic nitrogens is 3. The predicted octanol–water partition coefficient (Wildman–Crippen LogP) is 3.78. The molecular formula is C13H7F4N3. The average Bonchev–Trinajstić information content (AvgIpc) is 2.81. The molecule has 0 atom stereocenters. The van der Waals surface area contributed by atoms with Crippen LogP contribution in [0.2, 0.25) is 0 Å². The third-order valence-electron chi connectivity index (χ3n) is 2.82. The Morgan fingerprint density at radius 1 is 1.05 bits per heavy atom. The summed E-state index contributed by atoms with van der Waals surface area (Å²) in [5.74, 6) is -1.33. The Morgan fingerprint density at radius 3 is 2.55 bits per heavy atom. The number of aromatic amines is 1. The summed E-state index contributed by atoms with van der Waals surface area (Å²) < 4.78 is 52.0. The maximum absolute atomic E-state index is 14.0. The molecule has 0 amide bonds. The summed E-state index contributed by atoms with van der Waals surface area (Å²) in [6, 6.07) is 6.38. The van der Waals surface area contributed by atoms with Gasteiger partial charge < -0.3 is 4.98 Å². The molecule has 0 aliphatic rings. The summed E-state index contributed by atoms with van der Waals surface area (Å²) >= 11 is 0. The van der Waals surface area contributed by atoms with Crippen LogP contribution < -0.4 is 0 Å². The minimum atomic E-state index is -4.75. The van der Waals surface area contributed by atoms with Gasteiger partial charge in [0.15, 0.2) is 5.65 Å². The standard InChI is InChI=1S/C13H7F4N3/c14-10-7(3-1-4-8(10)13(15,16)17)11-19-9-5-2-6-18-12(9)20-11/h1-6H,(H,18,19,20). The molecule has 2 heterocycles. The van der Waals surface area contributed by atoms with Crippen molar-refractivity contribution in [1.82, 2.24) is 15.0 Å². The monoisotopic (exact) mass is 281 g/mol. The molecule has 0 aliphatic carbocycles. The number of H-pyrrole nitrogens is 1. The van der Waals surface area contributed by atoms with Gasteiger partial charge in [-0.3, -0.25) is 0 Å². The van der Waals surface area contributed by atoms with Crippen LogP contribution in [0, 0.1) is 5.82 Å². The maximum atomic E-state index is 14.0. The van der Waals surface area contributed by atoms with E-state index in [1.807, 2.05) is 0 Å². The first-order chi connectivity index (χ1) is 9.47. The molecule has 1 aromatic carbocycles. The summed E-state index contributed by atoms with van der Waals surface area (Å²) in [5.41, 5.74) is -0.708. The smallest absolute Gasteiger partial charge is 0.336 e. The third kappa shape index (κ3) is 2.01. The van der Waals surface area contributed by atoms with E-state index in [-0.39, 0.29) is 11.4 Å². The molecule has 0 fully saturated rings. The lowest BCUT2D eigenvalue weighted by atomic mass is 10.1. The van der Waals surface area contributed by atoms with E-state index in [4.69, 9.17) is 0 Å². The fourth-order valence-electron chi connectivity index (χ4n) is 1.91. The summed E-state index contributed by atoms with van der Waals surface area (Å²) in [6.07, 6.45) is -3.25. The lowest BCUT2D eigenvalue weighted by Gasteiger charge is -2.09. The zero-order valence-electron chi connectivity index (χ0n) is 9.87. The number of pyridine rings is 1. The highest BCUT2D eigenvalue weighted by Gasteiger charge is 2.35. The highest BCUT2D eigenvalue weighted by Crippen LogP contribution is 2.35. The predicted molar refractivity (Wildman–Crippen MR) is 64.3 cm³/mol. The number of benzene rings is 1. The molecular weight excluding hydrogens is 274 g/mol. The molecule has 0 spiro atoms. The number of hydrogen-bond donors (Lipinski definition) is 1. The minimum absolute atomic E-state index is 0.0160.